The van der Waals surface area contributed by atoms with Crippen molar-refractivity contribution < 1.29 is 9.90 Å². The number of hydrogen-bond acceptors (Lipinski definition) is 4. The van der Waals surface area contributed by atoms with Crippen LogP contribution in [0.4, 0.5) is 9.93 Å². The second-order valence-electron chi connectivity index (χ2n) is 5.09. The monoisotopic (exact) mass is 319 g/mol. The Morgan fingerprint density at radius 2 is 2.05 bits per heavy atom. The van der Waals surface area contributed by atoms with Gasteiger partial charge in [0.1, 0.15) is 0 Å². The number of rotatable bonds is 6. The molecule has 1 atom stereocenters. The zero-order chi connectivity index (χ0) is 15.9. The standard InChI is InChI=1S/C16H21N3O2S/c1-11-12(2)22-16(17-11)19-15(21)18-14(9-6-10-20)13-7-4-3-5-8-13/h3-5,7-8,14,20H,6,9-10H2,1-2H3,(H2,17,18,19,21)/t14-/m0/s1. The third-order valence-electron chi connectivity index (χ3n) is 3.41. The van der Waals surface area contributed by atoms with Crippen molar-refractivity contribution in [3.63, 3.8) is 0 Å². The molecule has 3 N–H and O–H groups in total. The van der Waals surface area contributed by atoms with Gasteiger partial charge in [-0.2, -0.15) is 0 Å². The Morgan fingerprint density at radius 1 is 1.32 bits per heavy atom. The zero-order valence-corrected chi connectivity index (χ0v) is 13.6. The number of aliphatic hydroxyl groups is 1. The number of amides is 2. The van der Waals surface area contributed by atoms with Crippen LogP contribution < -0.4 is 10.6 Å². The van der Waals surface area contributed by atoms with Crippen LogP contribution in [-0.4, -0.2) is 22.7 Å². The molecule has 1 aromatic heterocycles. The number of urea groups is 1. The topological polar surface area (TPSA) is 74.2 Å². The van der Waals surface area contributed by atoms with Gasteiger partial charge in [0.05, 0.1) is 11.7 Å². The molecule has 5 nitrogen and oxygen atoms in total. The van der Waals surface area contributed by atoms with Crippen molar-refractivity contribution in [2.75, 3.05) is 11.9 Å². The van der Waals surface area contributed by atoms with Crippen LogP contribution in [0.3, 0.4) is 0 Å². The molecule has 2 amide bonds. The molecule has 0 aliphatic rings. The Bertz CT molecular complexity index is 594. The molecule has 0 aliphatic heterocycles. The lowest BCUT2D eigenvalue weighted by Crippen LogP contribution is -2.32. The molecule has 0 bridgehead atoms. The molecule has 6 heteroatoms. The quantitative estimate of drug-likeness (QED) is 0.764. The number of thiazole rings is 1. The van der Waals surface area contributed by atoms with E-state index in [1.165, 1.54) is 11.3 Å². The zero-order valence-electron chi connectivity index (χ0n) is 12.8. The first-order chi connectivity index (χ1) is 10.6. The predicted molar refractivity (Wildman–Crippen MR) is 89.2 cm³/mol. The van der Waals surface area contributed by atoms with Crippen molar-refractivity contribution in [3.8, 4) is 0 Å². The number of nitrogens with one attached hydrogen (secondary N) is 2. The van der Waals surface area contributed by atoms with Crippen LogP contribution in [-0.2, 0) is 0 Å². The van der Waals surface area contributed by atoms with Crippen LogP contribution in [0, 0.1) is 13.8 Å². The highest BCUT2D eigenvalue weighted by molar-refractivity contribution is 7.15. The average molecular weight is 319 g/mol. The maximum absolute atomic E-state index is 12.2. The molecule has 118 valence electrons. The summed E-state index contributed by atoms with van der Waals surface area (Å²) in [5.41, 5.74) is 1.96. The lowest BCUT2D eigenvalue weighted by Gasteiger charge is -2.18. The minimum atomic E-state index is -0.277. The number of aryl methyl sites for hydroxylation is 2. The van der Waals surface area contributed by atoms with Crippen LogP contribution in [0.1, 0.15) is 35.0 Å². The highest BCUT2D eigenvalue weighted by Crippen LogP contribution is 2.22. The first kappa shape index (κ1) is 16.5. The third kappa shape index (κ3) is 4.54. The Labute approximate surface area is 134 Å². The van der Waals surface area contributed by atoms with Crippen LogP contribution in [0.5, 0.6) is 0 Å². The molecule has 2 aromatic rings. The lowest BCUT2D eigenvalue weighted by molar-refractivity contribution is 0.244. The van der Waals surface area contributed by atoms with Crippen molar-refractivity contribution in [2.24, 2.45) is 0 Å². The van der Waals surface area contributed by atoms with Gasteiger partial charge < -0.3 is 10.4 Å². The highest BCUT2D eigenvalue weighted by Gasteiger charge is 2.15. The van der Waals surface area contributed by atoms with E-state index in [9.17, 15) is 4.79 Å². The number of carbonyl (C=O) groups is 1. The van der Waals surface area contributed by atoms with E-state index in [1.807, 2.05) is 44.2 Å². The summed E-state index contributed by atoms with van der Waals surface area (Å²) in [6.45, 7) is 4.00. The van der Waals surface area contributed by atoms with E-state index < -0.39 is 0 Å². The Balaban J connectivity index is 2.01. The van der Waals surface area contributed by atoms with E-state index in [1.54, 1.807) is 0 Å². The Kier molecular flexibility index (Phi) is 5.91. The lowest BCUT2D eigenvalue weighted by atomic mass is 10.0. The smallest absolute Gasteiger partial charge is 0.321 e. The summed E-state index contributed by atoms with van der Waals surface area (Å²) in [6.07, 6.45) is 1.32. The van der Waals surface area contributed by atoms with Crippen molar-refractivity contribution in [1.82, 2.24) is 10.3 Å². The summed E-state index contributed by atoms with van der Waals surface area (Å²) >= 11 is 1.46. The molecule has 0 unspecified atom stereocenters. The Hall–Kier alpha value is -1.92. The maximum Gasteiger partial charge on any atom is 0.321 e. The van der Waals surface area contributed by atoms with E-state index in [0.717, 1.165) is 16.1 Å². The highest BCUT2D eigenvalue weighted by atomic mass is 32.1. The second kappa shape index (κ2) is 7.91. The number of benzene rings is 1. The first-order valence-corrected chi connectivity index (χ1v) is 8.09. The van der Waals surface area contributed by atoms with Gasteiger partial charge in [0.2, 0.25) is 0 Å². The molecule has 1 heterocycles. The third-order valence-corrected chi connectivity index (χ3v) is 4.40. The fourth-order valence-corrected chi connectivity index (χ4v) is 2.93. The summed E-state index contributed by atoms with van der Waals surface area (Å²) in [5, 5.41) is 15.4. The Morgan fingerprint density at radius 3 is 2.64 bits per heavy atom. The van der Waals surface area contributed by atoms with E-state index in [-0.39, 0.29) is 18.7 Å². The normalized spacial score (nSPS) is 12.0. The van der Waals surface area contributed by atoms with Gasteiger partial charge >= 0.3 is 6.03 Å². The molecular weight excluding hydrogens is 298 g/mol. The van der Waals surface area contributed by atoms with Gasteiger partial charge in [-0.25, -0.2) is 9.78 Å². The molecule has 2 rings (SSSR count). The molecule has 0 aliphatic carbocycles. The van der Waals surface area contributed by atoms with Gasteiger partial charge in [-0.05, 0) is 32.3 Å². The number of anilines is 1. The van der Waals surface area contributed by atoms with Crippen molar-refractivity contribution in [3.05, 3.63) is 46.5 Å². The van der Waals surface area contributed by atoms with Crippen LogP contribution in [0.2, 0.25) is 0 Å². The van der Waals surface area contributed by atoms with Gasteiger partial charge in [-0.3, -0.25) is 5.32 Å². The number of aromatic nitrogens is 1. The number of carbonyl (C=O) groups excluding carboxylic acids is 1. The van der Waals surface area contributed by atoms with Gasteiger partial charge in [-0.1, -0.05) is 30.3 Å². The second-order valence-corrected chi connectivity index (χ2v) is 6.29. The number of nitrogens with zero attached hydrogens (tertiary/aromatic N) is 1. The fourth-order valence-electron chi connectivity index (χ4n) is 2.12. The number of aliphatic hydroxyl groups excluding tert-OH is 1. The molecular formula is C16H21N3O2S. The van der Waals surface area contributed by atoms with E-state index in [4.69, 9.17) is 5.11 Å². The molecule has 0 spiro atoms. The minimum absolute atomic E-state index is 0.109. The van der Waals surface area contributed by atoms with Crippen molar-refractivity contribution in [1.29, 1.82) is 0 Å². The van der Waals surface area contributed by atoms with Gasteiger partial charge in [0.25, 0.3) is 0 Å². The van der Waals surface area contributed by atoms with E-state index in [2.05, 4.69) is 15.6 Å². The van der Waals surface area contributed by atoms with Gasteiger partial charge in [-0.15, -0.1) is 11.3 Å². The maximum atomic E-state index is 12.2. The summed E-state index contributed by atoms with van der Waals surface area (Å²) in [6, 6.07) is 9.35. The molecule has 1 aromatic carbocycles. The molecule has 0 radical (unpaired) electrons. The average Bonchev–Trinajstić information content (AvgIpc) is 2.82. The SMILES string of the molecule is Cc1nc(NC(=O)N[C@@H](CCCO)c2ccccc2)sc1C. The predicted octanol–water partition coefficient (Wildman–Crippen LogP) is 3.40. The van der Waals surface area contributed by atoms with Crippen LogP contribution >= 0.6 is 11.3 Å². The molecule has 0 fully saturated rings. The first-order valence-electron chi connectivity index (χ1n) is 7.27. The summed E-state index contributed by atoms with van der Waals surface area (Å²) in [4.78, 5) is 17.6. The van der Waals surface area contributed by atoms with Gasteiger partial charge in [0, 0.05) is 11.5 Å². The van der Waals surface area contributed by atoms with Crippen LogP contribution in [0.15, 0.2) is 30.3 Å². The van der Waals surface area contributed by atoms with Gasteiger partial charge in [0.15, 0.2) is 5.13 Å². The van der Waals surface area contributed by atoms with Crippen molar-refractivity contribution in [2.45, 2.75) is 32.7 Å². The summed E-state index contributed by atoms with van der Waals surface area (Å²) in [7, 11) is 0. The van der Waals surface area contributed by atoms with Crippen molar-refractivity contribution >= 4 is 22.5 Å². The molecule has 0 saturated heterocycles. The minimum Gasteiger partial charge on any atom is -0.396 e. The summed E-state index contributed by atoms with van der Waals surface area (Å²) < 4.78 is 0. The number of hydrogen-bond donors (Lipinski definition) is 3. The summed E-state index contributed by atoms with van der Waals surface area (Å²) in [5.74, 6) is 0. The molecule has 22 heavy (non-hydrogen) atoms. The van der Waals surface area contributed by atoms with E-state index >= 15 is 0 Å². The van der Waals surface area contributed by atoms with Crippen LogP contribution in [0.25, 0.3) is 0 Å². The molecule has 0 saturated carbocycles. The van der Waals surface area contributed by atoms with E-state index in [0.29, 0.717) is 18.0 Å². The largest absolute Gasteiger partial charge is 0.396 e. The fraction of sp³-hybridized carbons (Fsp3) is 0.375.